The van der Waals surface area contributed by atoms with E-state index in [2.05, 4.69) is 15.4 Å². The van der Waals surface area contributed by atoms with Crippen molar-refractivity contribution in [2.45, 2.75) is 26.7 Å². The fraction of sp³-hybridized carbons (Fsp3) is 0.250. The predicted octanol–water partition coefficient (Wildman–Crippen LogP) is 5.25. The molecule has 1 aromatic heterocycles. The van der Waals surface area contributed by atoms with Crippen LogP contribution in [0, 0.1) is 19.7 Å². The molecule has 1 amide bonds. The van der Waals surface area contributed by atoms with Crippen LogP contribution in [0.25, 0.3) is 5.69 Å². The number of anilines is 1. The average Bonchev–Trinajstić information content (AvgIpc) is 3.39. The number of aromatic nitrogens is 1. The molecular weight excluding hydrogens is 415 g/mol. The lowest BCUT2D eigenvalue weighted by Gasteiger charge is -2.17. The van der Waals surface area contributed by atoms with Crippen LogP contribution in [0.4, 0.5) is 10.1 Å². The van der Waals surface area contributed by atoms with Crippen molar-refractivity contribution < 1.29 is 9.18 Å². The number of hydrazone groups is 1. The molecule has 1 N–H and O–H groups in total. The highest BCUT2D eigenvalue weighted by Crippen LogP contribution is 2.24. The first kappa shape index (κ1) is 21.1. The molecule has 1 saturated heterocycles. The second kappa shape index (κ2) is 8.94. The summed E-state index contributed by atoms with van der Waals surface area (Å²) in [5.74, 6) is -0.714. The summed E-state index contributed by atoms with van der Waals surface area (Å²) < 4.78 is 15.5. The van der Waals surface area contributed by atoms with Crippen LogP contribution in [0.5, 0.6) is 0 Å². The molecule has 1 aliphatic heterocycles. The molecule has 2 aromatic carbocycles. The smallest absolute Gasteiger partial charge is 0.271 e. The summed E-state index contributed by atoms with van der Waals surface area (Å²) in [6.07, 6.45) is 4.04. The summed E-state index contributed by atoms with van der Waals surface area (Å²) in [4.78, 5) is 14.7. The first-order valence-corrected chi connectivity index (χ1v) is 10.6. The summed E-state index contributed by atoms with van der Waals surface area (Å²) in [5, 5.41) is 4.20. The summed E-state index contributed by atoms with van der Waals surface area (Å²) in [5.41, 5.74) is 7.77. The van der Waals surface area contributed by atoms with Gasteiger partial charge in [0.1, 0.15) is 5.82 Å². The van der Waals surface area contributed by atoms with Gasteiger partial charge in [0.2, 0.25) is 0 Å². The van der Waals surface area contributed by atoms with E-state index in [9.17, 15) is 9.18 Å². The first-order valence-electron chi connectivity index (χ1n) is 10.3. The van der Waals surface area contributed by atoms with Crippen molar-refractivity contribution in [1.29, 1.82) is 0 Å². The van der Waals surface area contributed by atoms with E-state index in [1.165, 1.54) is 18.9 Å². The van der Waals surface area contributed by atoms with Gasteiger partial charge in [-0.3, -0.25) is 4.79 Å². The molecule has 2 heterocycles. The van der Waals surface area contributed by atoms with Gasteiger partial charge in [-0.25, -0.2) is 9.82 Å². The Kier molecular flexibility index (Phi) is 6.09. The van der Waals surface area contributed by atoms with Crippen molar-refractivity contribution in [3.05, 3.63) is 81.9 Å². The fourth-order valence-corrected chi connectivity index (χ4v) is 4.14. The number of halogens is 2. The van der Waals surface area contributed by atoms with E-state index in [0.29, 0.717) is 5.56 Å². The van der Waals surface area contributed by atoms with Gasteiger partial charge in [0.25, 0.3) is 5.91 Å². The molecule has 0 unspecified atom stereocenters. The Morgan fingerprint density at radius 3 is 2.42 bits per heavy atom. The van der Waals surface area contributed by atoms with E-state index >= 15 is 0 Å². The summed E-state index contributed by atoms with van der Waals surface area (Å²) in [6.45, 7) is 6.02. The van der Waals surface area contributed by atoms with Crippen LogP contribution >= 0.6 is 11.6 Å². The standard InChI is InChI=1S/C24H24ClFN4O/c1-16-13-19(17(2)30(16)21-9-10-23(26)22(25)14-21)15-27-28-24(31)18-5-7-20(8-6-18)29-11-3-4-12-29/h5-10,13-15H,3-4,11-12H2,1-2H3,(H,28,31)/b27-15-. The van der Waals surface area contributed by atoms with Crippen molar-refractivity contribution in [1.82, 2.24) is 9.99 Å². The van der Waals surface area contributed by atoms with Gasteiger partial charge in [-0.05, 0) is 75.2 Å². The lowest BCUT2D eigenvalue weighted by atomic mass is 10.2. The van der Waals surface area contributed by atoms with Gasteiger partial charge in [0.15, 0.2) is 0 Å². The second-order valence-electron chi connectivity index (χ2n) is 7.70. The number of nitrogens with one attached hydrogen (secondary N) is 1. The summed E-state index contributed by atoms with van der Waals surface area (Å²) in [6, 6.07) is 14.2. The monoisotopic (exact) mass is 438 g/mol. The Balaban J connectivity index is 1.45. The third kappa shape index (κ3) is 4.49. The predicted molar refractivity (Wildman–Crippen MR) is 123 cm³/mol. The lowest BCUT2D eigenvalue weighted by molar-refractivity contribution is 0.0955. The third-order valence-electron chi connectivity index (χ3n) is 5.60. The van der Waals surface area contributed by atoms with E-state index in [1.807, 2.05) is 48.7 Å². The maximum atomic E-state index is 13.5. The molecular formula is C24H24ClFN4O. The maximum Gasteiger partial charge on any atom is 0.271 e. The molecule has 160 valence electrons. The van der Waals surface area contributed by atoms with Crippen LogP contribution in [0.1, 0.15) is 40.2 Å². The number of amides is 1. The van der Waals surface area contributed by atoms with Crippen molar-refractivity contribution in [3.63, 3.8) is 0 Å². The van der Waals surface area contributed by atoms with Crippen LogP contribution in [-0.4, -0.2) is 29.8 Å². The molecule has 0 aliphatic carbocycles. The highest BCUT2D eigenvalue weighted by atomic mass is 35.5. The van der Waals surface area contributed by atoms with Crippen LogP contribution in [0.3, 0.4) is 0 Å². The number of aryl methyl sites for hydroxylation is 1. The first-order chi connectivity index (χ1) is 14.9. The van der Waals surface area contributed by atoms with Gasteiger partial charge in [-0.2, -0.15) is 5.10 Å². The number of nitrogens with zero attached hydrogens (tertiary/aromatic N) is 3. The van der Waals surface area contributed by atoms with Crippen molar-refractivity contribution in [2.24, 2.45) is 5.10 Å². The van der Waals surface area contributed by atoms with Crippen molar-refractivity contribution in [2.75, 3.05) is 18.0 Å². The molecule has 0 spiro atoms. The second-order valence-corrected chi connectivity index (χ2v) is 8.11. The number of benzene rings is 2. The number of hydrogen-bond donors (Lipinski definition) is 1. The summed E-state index contributed by atoms with van der Waals surface area (Å²) in [7, 11) is 0. The van der Waals surface area contributed by atoms with Crippen molar-refractivity contribution in [3.8, 4) is 5.69 Å². The molecule has 7 heteroatoms. The normalized spacial score (nSPS) is 13.9. The molecule has 0 radical (unpaired) electrons. The van der Waals surface area contributed by atoms with Crippen LogP contribution < -0.4 is 10.3 Å². The Bertz CT molecular complexity index is 1130. The van der Waals surface area contributed by atoms with Gasteiger partial charge in [0, 0.05) is 47.0 Å². The van der Waals surface area contributed by atoms with Gasteiger partial charge >= 0.3 is 0 Å². The Labute approximate surface area is 186 Å². The number of carbonyl (C=O) groups excluding carboxylic acids is 1. The van der Waals surface area contributed by atoms with Crippen LogP contribution in [0.15, 0.2) is 53.6 Å². The molecule has 31 heavy (non-hydrogen) atoms. The SMILES string of the molecule is Cc1cc(/C=N\NC(=O)c2ccc(N3CCCC3)cc2)c(C)n1-c1ccc(F)c(Cl)c1. The molecule has 1 aliphatic rings. The minimum Gasteiger partial charge on any atom is -0.372 e. The lowest BCUT2D eigenvalue weighted by Crippen LogP contribution is -2.19. The van der Waals surface area contributed by atoms with Gasteiger partial charge in [0.05, 0.1) is 11.2 Å². The number of hydrogen-bond acceptors (Lipinski definition) is 3. The van der Waals surface area contributed by atoms with Crippen LogP contribution in [-0.2, 0) is 0 Å². The Morgan fingerprint density at radius 2 is 1.74 bits per heavy atom. The molecule has 0 atom stereocenters. The van der Waals surface area contributed by atoms with Gasteiger partial charge < -0.3 is 9.47 Å². The highest BCUT2D eigenvalue weighted by Gasteiger charge is 2.14. The number of rotatable bonds is 5. The number of carbonyl (C=O) groups is 1. The zero-order valence-corrected chi connectivity index (χ0v) is 18.3. The minimum absolute atomic E-state index is 0.0724. The molecule has 5 nitrogen and oxygen atoms in total. The average molecular weight is 439 g/mol. The fourth-order valence-electron chi connectivity index (χ4n) is 3.96. The Morgan fingerprint density at radius 1 is 1.06 bits per heavy atom. The third-order valence-corrected chi connectivity index (χ3v) is 5.89. The van der Waals surface area contributed by atoms with E-state index in [0.717, 1.165) is 41.4 Å². The van der Waals surface area contributed by atoms with Gasteiger partial charge in [-0.1, -0.05) is 11.6 Å². The van der Waals surface area contributed by atoms with E-state index in [4.69, 9.17) is 11.6 Å². The highest BCUT2D eigenvalue weighted by molar-refractivity contribution is 6.30. The van der Waals surface area contributed by atoms with Crippen molar-refractivity contribution >= 4 is 29.4 Å². The van der Waals surface area contributed by atoms with Gasteiger partial charge in [-0.15, -0.1) is 0 Å². The van der Waals surface area contributed by atoms with E-state index in [-0.39, 0.29) is 10.9 Å². The molecule has 1 fully saturated rings. The van der Waals surface area contributed by atoms with E-state index < -0.39 is 5.82 Å². The largest absolute Gasteiger partial charge is 0.372 e. The zero-order chi connectivity index (χ0) is 22.0. The molecule has 0 bridgehead atoms. The molecule has 3 aromatic rings. The minimum atomic E-state index is -0.453. The maximum absolute atomic E-state index is 13.5. The molecule has 0 saturated carbocycles. The zero-order valence-electron chi connectivity index (χ0n) is 17.5. The summed E-state index contributed by atoms with van der Waals surface area (Å²) >= 11 is 5.93. The van der Waals surface area contributed by atoms with E-state index in [1.54, 1.807) is 18.3 Å². The topological polar surface area (TPSA) is 49.6 Å². The quantitative estimate of drug-likeness (QED) is 0.437. The van der Waals surface area contributed by atoms with Crippen LogP contribution in [0.2, 0.25) is 5.02 Å². The molecule has 4 rings (SSSR count). The Hall–Kier alpha value is -3.12.